The molecular weight excluding hydrogens is 444 g/mol. The highest BCUT2D eigenvalue weighted by Gasteiger charge is 2.56. The Balaban J connectivity index is 1.58. The maximum atomic E-state index is 12.8. The molecule has 2 aliphatic rings. The minimum Gasteiger partial charge on any atom is -0.493 e. The first-order valence-corrected chi connectivity index (χ1v) is 11.4. The number of nitrogens with two attached hydrogens (primary N) is 1. The third-order valence-corrected chi connectivity index (χ3v) is 7.32. The van der Waals surface area contributed by atoms with Crippen molar-refractivity contribution in [3.05, 3.63) is 23.9 Å². The Morgan fingerprint density at radius 1 is 1.31 bits per heavy atom. The second-order valence-electron chi connectivity index (χ2n) is 8.28. The summed E-state index contributed by atoms with van der Waals surface area (Å²) in [5.41, 5.74) is 1.55. The molecule has 9 nitrogen and oxygen atoms in total. The Kier molecular flexibility index (Phi) is 5.60. The van der Waals surface area contributed by atoms with Gasteiger partial charge in [-0.25, -0.2) is 13.9 Å². The van der Waals surface area contributed by atoms with E-state index in [1.54, 1.807) is 12.1 Å². The summed E-state index contributed by atoms with van der Waals surface area (Å²) in [6.07, 6.45) is -0.413. The number of hydrogen-bond donors (Lipinski definition) is 1. The number of pyridine rings is 1. The quantitative estimate of drug-likeness (QED) is 0.660. The lowest BCUT2D eigenvalue weighted by molar-refractivity contribution is -0.00404. The first-order chi connectivity index (χ1) is 15.1. The van der Waals surface area contributed by atoms with Crippen molar-refractivity contribution in [2.24, 2.45) is 10.6 Å². The first-order valence-electron chi connectivity index (χ1n) is 9.88. The molecule has 1 aromatic carbocycles. The van der Waals surface area contributed by atoms with Crippen LogP contribution in [0.15, 0.2) is 18.3 Å². The fourth-order valence-electron chi connectivity index (χ4n) is 4.85. The van der Waals surface area contributed by atoms with Crippen LogP contribution in [0.3, 0.4) is 0 Å². The molecule has 0 unspecified atom stereocenters. The average molecular weight is 467 g/mol. The summed E-state index contributed by atoms with van der Waals surface area (Å²) in [5, 5.41) is 15.5. The van der Waals surface area contributed by atoms with Crippen LogP contribution in [0.25, 0.3) is 10.9 Å². The summed E-state index contributed by atoms with van der Waals surface area (Å²) >= 11 is 0. The molecule has 2 fully saturated rings. The van der Waals surface area contributed by atoms with Crippen molar-refractivity contribution in [2.45, 2.75) is 25.3 Å². The van der Waals surface area contributed by atoms with E-state index in [-0.39, 0.29) is 5.41 Å². The van der Waals surface area contributed by atoms with Crippen molar-refractivity contribution < 1.29 is 26.7 Å². The van der Waals surface area contributed by atoms with Crippen molar-refractivity contribution in [2.75, 3.05) is 38.8 Å². The van der Waals surface area contributed by atoms with E-state index in [1.165, 1.54) is 20.4 Å². The number of anilines is 1. The monoisotopic (exact) mass is 467 g/mol. The predicted molar refractivity (Wildman–Crippen MR) is 113 cm³/mol. The van der Waals surface area contributed by atoms with Crippen LogP contribution >= 0.6 is 0 Å². The number of rotatable bonds is 7. The lowest BCUT2D eigenvalue weighted by atomic mass is 9.60. The number of methoxy groups -OCH3 is 2. The van der Waals surface area contributed by atoms with Gasteiger partial charge in [0.15, 0.2) is 11.5 Å². The molecule has 1 spiro atoms. The van der Waals surface area contributed by atoms with E-state index < -0.39 is 29.2 Å². The summed E-state index contributed by atoms with van der Waals surface area (Å²) in [6, 6.07) is 5.14. The minimum absolute atomic E-state index is 0.200. The van der Waals surface area contributed by atoms with Crippen LogP contribution in [0.4, 0.5) is 14.5 Å². The minimum atomic E-state index is -4.21. The molecule has 1 aromatic heterocycles. The number of nitriles is 1. The normalized spacial score (nSPS) is 18.0. The van der Waals surface area contributed by atoms with E-state index >= 15 is 0 Å². The molecule has 0 radical (unpaired) electrons. The highest BCUT2D eigenvalue weighted by molar-refractivity contribution is 7.86. The molecule has 1 aliphatic carbocycles. The van der Waals surface area contributed by atoms with E-state index in [4.69, 9.17) is 14.6 Å². The highest BCUT2D eigenvalue weighted by atomic mass is 32.2. The lowest BCUT2D eigenvalue weighted by Crippen LogP contribution is -2.68. The number of nitrogens with zero attached hydrogens (tertiary/aromatic N) is 4. The second-order valence-corrected chi connectivity index (χ2v) is 9.78. The van der Waals surface area contributed by atoms with E-state index in [1.807, 2.05) is 4.90 Å². The zero-order valence-electron chi connectivity index (χ0n) is 17.6. The smallest absolute Gasteiger partial charge is 0.277 e. The number of fused-ring (bicyclic) bond motifs is 1. The van der Waals surface area contributed by atoms with Crippen LogP contribution in [0, 0.1) is 16.7 Å². The third-order valence-electron chi connectivity index (χ3n) is 6.22. The van der Waals surface area contributed by atoms with Gasteiger partial charge in [0.1, 0.15) is 6.07 Å². The molecule has 2 heterocycles. The number of alkyl halides is 2. The van der Waals surface area contributed by atoms with Gasteiger partial charge in [-0.2, -0.15) is 18.0 Å². The maximum absolute atomic E-state index is 12.8. The Bertz CT molecular complexity index is 1190. The van der Waals surface area contributed by atoms with Gasteiger partial charge in [-0.15, -0.1) is 0 Å². The highest BCUT2D eigenvalue weighted by Crippen LogP contribution is 2.53. The Labute approximate surface area is 184 Å². The SMILES string of the molecule is COc1cc2ncc(C#N)c(N3CC4(CC(N(CC(F)F)S(N)(=O)=O)C4)C3)c2cc1OC. The Morgan fingerprint density at radius 3 is 2.47 bits per heavy atom. The molecule has 2 N–H and O–H groups in total. The van der Waals surface area contributed by atoms with E-state index in [0.717, 1.165) is 5.39 Å². The van der Waals surface area contributed by atoms with Crippen LogP contribution in [-0.4, -0.2) is 64.0 Å². The van der Waals surface area contributed by atoms with Crippen molar-refractivity contribution in [1.82, 2.24) is 9.29 Å². The van der Waals surface area contributed by atoms with E-state index in [0.29, 0.717) is 58.5 Å². The first kappa shape index (κ1) is 22.4. The van der Waals surface area contributed by atoms with Crippen molar-refractivity contribution in [1.29, 1.82) is 5.26 Å². The van der Waals surface area contributed by atoms with Gasteiger partial charge in [0.05, 0.1) is 37.5 Å². The van der Waals surface area contributed by atoms with Crippen molar-refractivity contribution in [3.8, 4) is 17.6 Å². The number of benzene rings is 1. The van der Waals surface area contributed by atoms with Crippen LogP contribution in [0.5, 0.6) is 11.5 Å². The number of halogens is 2. The predicted octanol–water partition coefficient (Wildman–Crippen LogP) is 1.86. The Morgan fingerprint density at radius 2 is 1.94 bits per heavy atom. The molecule has 172 valence electrons. The molecule has 32 heavy (non-hydrogen) atoms. The molecule has 1 saturated carbocycles. The van der Waals surface area contributed by atoms with Crippen LogP contribution in [0.2, 0.25) is 0 Å². The molecule has 0 bridgehead atoms. The molecule has 0 amide bonds. The van der Waals surface area contributed by atoms with Gasteiger partial charge in [0, 0.05) is 42.2 Å². The summed E-state index contributed by atoms with van der Waals surface area (Å²) in [6.45, 7) is 0.232. The number of aromatic nitrogens is 1. The molecule has 12 heteroatoms. The van der Waals surface area contributed by atoms with E-state index in [9.17, 15) is 22.5 Å². The number of hydrogen-bond acceptors (Lipinski definition) is 7. The summed E-state index contributed by atoms with van der Waals surface area (Å²) in [7, 11) is -1.16. The van der Waals surface area contributed by atoms with Gasteiger partial charge in [-0.1, -0.05) is 0 Å². The lowest BCUT2D eigenvalue weighted by Gasteiger charge is -2.61. The van der Waals surface area contributed by atoms with Crippen LogP contribution < -0.4 is 19.5 Å². The zero-order valence-corrected chi connectivity index (χ0v) is 18.4. The average Bonchev–Trinajstić information content (AvgIpc) is 2.68. The van der Waals surface area contributed by atoms with Crippen molar-refractivity contribution in [3.63, 3.8) is 0 Å². The van der Waals surface area contributed by atoms with Gasteiger partial charge in [0.2, 0.25) is 0 Å². The van der Waals surface area contributed by atoms with Crippen LogP contribution in [0.1, 0.15) is 18.4 Å². The fourth-order valence-corrected chi connectivity index (χ4v) is 5.73. The summed E-state index contributed by atoms with van der Waals surface area (Å²) in [4.78, 5) is 6.38. The van der Waals surface area contributed by atoms with Crippen molar-refractivity contribution >= 4 is 26.8 Å². The van der Waals surface area contributed by atoms with Gasteiger partial charge >= 0.3 is 0 Å². The molecular formula is C20H23F2N5O4S. The second kappa shape index (κ2) is 7.99. The van der Waals surface area contributed by atoms with Crippen LogP contribution in [-0.2, 0) is 10.2 Å². The third kappa shape index (κ3) is 3.80. The molecule has 1 aliphatic heterocycles. The van der Waals surface area contributed by atoms with E-state index in [2.05, 4.69) is 11.1 Å². The zero-order chi connectivity index (χ0) is 23.3. The van der Waals surface area contributed by atoms with Gasteiger partial charge < -0.3 is 14.4 Å². The van der Waals surface area contributed by atoms with Gasteiger partial charge in [0.25, 0.3) is 16.6 Å². The molecule has 4 rings (SSSR count). The molecule has 0 atom stereocenters. The summed E-state index contributed by atoms with van der Waals surface area (Å²) < 4.78 is 60.6. The Hall–Kier alpha value is -2.75. The largest absolute Gasteiger partial charge is 0.493 e. The van der Waals surface area contributed by atoms with Gasteiger partial charge in [-0.3, -0.25) is 4.98 Å². The standard InChI is InChI=1S/C20H23F2N5O4S/c1-30-16-3-14-15(4-17(16)31-2)25-8-12(7-23)19(14)26-10-20(11-26)5-13(6-20)27(9-18(21)22)32(24,28)29/h3-4,8,13,18H,5-6,9-11H2,1-2H3,(H2,24,28,29). The number of ether oxygens (including phenoxy) is 2. The fraction of sp³-hybridized carbons (Fsp3) is 0.500. The maximum Gasteiger partial charge on any atom is 0.277 e. The van der Waals surface area contributed by atoms with Gasteiger partial charge in [-0.05, 0) is 18.9 Å². The molecule has 1 saturated heterocycles. The molecule has 2 aromatic rings. The summed E-state index contributed by atoms with van der Waals surface area (Å²) in [5.74, 6) is 1.03. The topological polar surface area (TPSA) is 122 Å².